The number of carboxylic acid groups (broad SMARTS) is 2. The Morgan fingerprint density at radius 3 is 1.65 bits per heavy atom. The molecule has 0 fully saturated rings. The van der Waals surface area contributed by atoms with Gasteiger partial charge >= 0.3 is 24.0 Å². The molecule has 1 rings (SSSR count). The summed E-state index contributed by atoms with van der Waals surface area (Å²) in [6.45, 7) is -1.04. The smallest absolute Gasteiger partial charge is 0.471 e. The van der Waals surface area contributed by atoms with E-state index in [9.17, 15) is 42.6 Å². The van der Waals surface area contributed by atoms with Crippen molar-refractivity contribution in [3.8, 4) is 0 Å². The maximum Gasteiger partial charge on any atom is 0.471 e. The molecule has 0 saturated heterocycles. The molecule has 4 N–H and O–H groups in total. The Labute approximate surface area is 183 Å². The maximum atomic E-state index is 12.1. The minimum Gasteiger partial charge on any atom is -0.478 e. The highest BCUT2D eigenvalue weighted by Crippen LogP contribution is 2.35. The highest BCUT2D eigenvalue weighted by Gasteiger charge is 2.38. The minimum atomic E-state index is -5.17. The third kappa shape index (κ3) is 5.30. The van der Waals surface area contributed by atoms with Gasteiger partial charge in [-0.3, -0.25) is 9.59 Å². The van der Waals surface area contributed by atoms with E-state index in [-0.39, 0.29) is 27.5 Å². The number of anilines is 1. The van der Waals surface area contributed by atoms with Gasteiger partial charge in [0.05, 0.1) is 30.5 Å². The molecule has 0 unspecified atom stereocenters. The molecule has 2 amide bonds. The van der Waals surface area contributed by atoms with Crippen LogP contribution in [0.2, 0.25) is 0 Å². The monoisotopic (exact) mass is 712 g/mol. The highest BCUT2D eigenvalue weighted by molar-refractivity contribution is 14.1. The van der Waals surface area contributed by atoms with E-state index in [0.29, 0.717) is 0 Å². The van der Waals surface area contributed by atoms with Crippen LogP contribution in [-0.4, -0.2) is 46.7 Å². The standard InChI is InChI=1S/C12H6F3I3N2O6/c13-12(14,15)11(26)19-1-2(21)20-8-6(17)3(9(22)23)5(16)4(7(8)18)10(24)25/h1H2,(H,19,26)(H,20,21)(H,22,23)(H,24,25). The molecule has 0 aliphatic heterocycles. The largest absolute Gasteiger partial charge is 0.478 e. The molecule has 1 aromatic carbocycles. The zero-order chi connectivity index (χ0) is 20.4. The third-order valence-corrected chi connectivity index (χ3v) is 5.91. The van der Waals surface area contributed by atoms with E-state index in [2.05, 4.69) is 5.32 Å². The number of hydrogen-bond donors (Lipinski definition) is 4. The lowest BCUT2D eigenvalue weighted by Gasteiger charge is -2.16. The van der Waals surface area contributed by atoms with Gasteiger partial charge in [0.2, 0.25) is 5.91 Å². The van der Waals surface area contributed by atoms with E-state index in [1.54, 1.807) is 67.8 Å². The topological polar surface area (TPSA) is 133 Å². The van der Waals surface area contributed by atoms with Crippen LogP contribution in [0.25, 0.3) is 0 Å². The number of carboxylic acids is 2. The molecule has 0 aromatic heterocycles. The van der Waals surface area contributed by atoms with Crippen molar-refractivity contribution in [3.05, 3.63) is 21.8 Å². The molecule has 0 aliphatic rings. The molecular formula is C12H6F3I3N2O6. The van der Waals surface area contributed by atoms with E-state index >= 15 is 0 Å². The van der Waals surface area contributed by atoms with Crippen LogP contribution < -0.4 is 10.6 Å². The summed E-state index contributed by atoms with van der Waals surface area (Å²) in [5, 5.41) is 22.0. The van der Waals surface area contributed by atoms with Crippen molar-refractivity contribution in [1.82, 2.24) is 5.32 Å². The lowest BCUT2D eigenvalue weighted by atomic mass is 10.1. The SMILES string of the molecule is O=C(CNC(=O)C(F)(F)F)Nc1c(I)c(C(=O)O)c(I)c(C(=O)O)c1I. The Balaban J connectivity index is 3.24. The first-order valence-electron chi connectivity index (χ1n) is 6.10. The summed E-state index contributed by atoms with van der Waals surface area (Å²) in [6, 6.07) is 0. The van der Waals surface area contributed by atoms with Gasteiger partial charge in [0.15, 0.2) is 0 Å². The van der Waals surface area contributed by atoms with Crippen LogP contribution in [0.15, 0.2) is 0 Å². The van der Waals surface area contributed by atoms with Gasteiger partial charge in [-0.2, -0.15) is 13.2 Å². The first-order valence-corrected chi connectivity index (χ1v) is 9.34. The zero-order valence-corrected chi connectivity index (χ0v) is 18.5. The normalized spacial score (nSPS) is 11.0. The predicted octanol–water partition coefficient (Wildman–Crippen LogP) is 2.51. The second-order valence-corrected chi connectivity index (χ2v) is 7.64. The summed E-state index contributed by atoms with van der Waals surface area (Å²) in [5.74, 6) is -6.30. The number of benzene rings is 1. The molecular weight excluding hydrogens is 706 g/mol. The van der Waals surface area contributed by atoms with Gasteiger partial charge in [-0.1, -0.05) is 0 Å². The van der Waals surface area contributed by atoms with Crippen LogP contribution in [0.4, 0.5) is 18.9 Å². The summed E-state index contributed by atoms with van der Waals surface area (Å²) in [4.78, 5) is 45.3. The second-order valence-electron chi connectivity index (χ2n) is 4.41. The number of rotatable bonds is 5. The summed E-state index contributed by atoms with van der Waals surface area (Å²) in [5.41, 5.74) is -0.940. The number of alkyl halides is 3. The third-order valence-electron chi connectivity index (χ3n) is 2.68. The fourth-order valence-electron chi connectivity index (χ4n) is 1.59. The Hall–Kier alpha value is -0.920. The molecule has 142 valence electrons. The lowest BCUT2D eigenvalue weighted by molar-refractivity contribution is -0.173. The van der Waals surface area contributed by atoms with Gasteiger partial charge in [0.1, 0.15) is 0 Å². The van der Waals surface area contributed by atoms with Crippen molar-refractivity contribution in [2.24, 2.45) is 0 Å². The van der Waals surface area contributed by atoms with Crippen LogP contribution in [0, 0.1) is 10.7 Å². The van der Waals surface area contributed by atoms with Gasteiger partial charge < -0.3 is 20.8 Å². The molecule has 0 atom stereocenters. The molecule has 0 spiro atoms. The fraction of sp³-hybridized carbons (Fsp3) is 0.167. The summed E-state index contributed by atoms with van der Waals surface area (Å²) < 4.78 is 36.2. The van der Waals surface area contributed by atoms with E-state index in [4.69, 9.17) is 0 Å². The van der Waals surface area contributed by atoms with Crippen LogP contribution in [0.5, 0.6) is 0 Å². The van der Waals surface area contributed by atoms with Crippen LogP contribution in [-0.2, 0) is 9.59 Å². The fourth-order valence-corrected chi connectivity index (χ4v) is 5.95. The Bertz CT molecular complexity index is 771. The van der Waals surface area contributed by atoms with Crippen LogP contribution >= 0.6 is 67.8 Å². The van der Waals surface area contributed by atoms with Crippen molar-refractivity contribution in [2.45, 2.75) is 6.18 Å². The number of carbonyl (C=O) groups excluding carboxylic acids is 2. The molecule has 0 aliphatic carbocycles. The Morgan fingerprint density at radius 2 is 1.31 bits per heavy atom. The number of hydrogen-bond acceptors (Lipinski definition) is 4. The van der Waals surface area contributed by atoms with Gasteiger partial charge in [-0.25, -0.2) is 9.59 Å². The van der Waals surface area contributed by atoms with Crippen LogP contribution in [0.1, 0.15) is 20.7 Å². The lowest BCUT2D eigenvalue weighted by Crippen LogP contribution is -2.41. The number of aromatic carboxylic acids is 2. The predicted molar refractivity (Wildman–Crippen MR) is 106 cm³/mol. The number of nitrogens with one attached hydrogen (secondary N) is 2. The molecule has 14 heteroatoms. The first-order chi connectivity index (χ1) is 11.8. The second kappa shape index (κ2) is 8.85. The molecule has 0 radical (unpaired) electrons. The molecule has 1 aromatic rings. The number of amides is 2. The van der Waals surface area contributed by atoms with Crippen molar-refractivity contribution in [2.75, 3.05) is 11.9 Å². The molecule has 0 saturated carbocycles. The summed E-state index contributed by atoms with van der Waals surface area (Å²) in [7, 11) is 0. The summed E-state index contributed by atoms with van der Waals surface area (Å²) >= 11 is 4.68. The molecule has 0 bridgehead atoms. The molecule has 8 nitrogen and oxygen atoms in total. The van der Waals surface area contributed by atoms with Gasteiger partial charge in [-0.05, 0) is 67.8 Å². The van der Waals surface area contributed by atoms with Gasteiger partial charge in [-0.15, -0.1) is 0 Å². The quantitative estimate of drug-likeness (QED) is 0.348. The van der Waals surface area contributed by atoms with Crippen LogP contribution in [0.3, 0.4) is 0 Å². The average Bonchev–Trinajstić information content (AvgIpc) is 2.47. The summed E-state index contributed by atoms with van der Waals surface area (Å²) in [6.07, 6.45) is -5.17. The van der Waals surface area contributed by atoms with Crippen molar-refractivity contribution < 1.29 is 42.6 Å². The first kappa shape index (κ1) is 23.1. The molecule has 26 heavy (non-hydrogen) atoms. The van der Waals surface area contributed by atoms with Crippen molar-refractivity contribution in [3.63, 3.8) is 0 Å². The Kier molecular flexibility index (Phi) is 7.87. The van der Waals surface area contributed by atoms with E-state index in [1.807, 2.05) is 0 Å². The number of halogens is 6. The molecule has 0 heterocycles. The van der Waals surface area contributed by atoms with Gasteiger partial charge in [0.25, 0.3) is 0 Å². The highest BCUT2D eigenvalue weighted by atomic mass is 127. The Morgan fingerprint density at radius 1 is 0.885 bits per heavy atom. The van der Waals surface area contributed by atoms with E-state index in [0.717, 1.165) is 0 Å². The van der Waals surface area contributed by atoms with E-state index in [1.165, 1.54) is 5.32 Å². The van der Waals surface area contributed by atoms with Crippen molar-refractivity contribution in [1.29, 1.82) is 0 Å². The maximum absolute atomic E-state index is 12.1. The van der Waals surface area contributed by atoms with E-state index < -0.39 is 36.5 Å². The average molecular weight is 712 g/mol. The zero-order valence-electron chi connectivity index (χ0n) is 12.0. The minimum absolute atomic E-state index is 0.00982. The number of carbonyl (C=O) groups is 4. The van der Waals surface area contributed by atoms with Gasteiger partial charge in [0, 0.05) is 3.57 Å². The van der Waals surface area contributed by atoms with Crippen molar-refractivity contribution >= 4 is 97.2 Å².